The number of carbonyl (C=O) groups is 1. The number of fused-ring (bicyclic) bond motifs is 2. The molecule has 0 aliphatic carbocycles. The van der Waals surface area contributed by atoms with Crippen LogP contribution in [0.15, 0.2) is 12.3 Å². The molecular formula is C6H7NO. The second-order valence-electron chi connectivity index (χ2n) is 2.34. The van der Waals surface area contributed by atoms with Gasteiger partial charge in [0.15, 0.2) is 5.78 Å². The van der Waals surface area contributed by atoms with E-state index in [9.17, 15) is 4.79 Å². The molecule has 0 N–H and O–H groups in total. The predicted octanol–water partition coefficient (Wildman–Crippen LogP) is 0.0146. The zero-order valence-electron chi connectivity index (χ0n) is 4.50. The van der Waals surface area contributed by atoms with Gasteiger partial charge in [-0.05, 0) is 6.20 Å². The Balaban J connectivity index is 2.35. The molecule has 42 valence electrons. The highest BCUT2D eigenvalue weighted by Crippen LogP contribution is 2.20. The molecule has 1 atom stereocenters. The van der Waals surface area contributed by atoms with Crippen molar-refractivity contribution in [1.82, 2.24) is 4.90 Å². The van der Waals surface area contributed by atoms with Gasteiger partial charge in [-0.15, -0.1) is 0 Å². The summed E-state index contributed by atoms with van der Waals surface area (Å²) in [5, 5.41) is 0. The zero-order valence-corrected chi connectivity index (χ0v) is 4.50. The van der Waals surface area contributed by atoms with Gasteiger partial charge in [0.2, 0.25) is 0 Å². The molecular weight excluding hydrogens is 102 g/mol. The molecule has 8 heavy (non-hydrogen) atoms. The van der Waals surface area contributed by atoms with Crippen molar-refractivity contribution in [3.05, 3.63) is 12.3 Å². The standard InChI is InChI=1S/C6H7NO/c8-6-4-7-2-1-5(6)3-7/h1-2,5H,3-4H2/t5-/m0/s1. The first-order chi connectivity index (χ1) is 3.86. The normalized spacial score (nSPS) is 32.8. The fourth-order valence-corrected chi connectivity index (χ4v) is 1.24. The van der Waals surface area contributed by atoms with E-state index in [1.807, 2.05) is 17.2 Å². The lowest BCUT2D eigenvalue weighted by molar-refractivity contribution is -0.118. The van der Waals surface area contributed by atoms with Crippen LogP contribution in [0.1, 0.15) is 0 Å². The Morgan fingerprint density at radius 3 is 2.88 bits per heavy atom. The van der Waals surface area contributed by atoms with Gasteiger partial charge in [0.1, 0.15) is 0 Å². The average Bonchev–Trinajstić information content (AvgIpc) is 2.23. The van der Waals surface area contributed by atoms with Gasteiger partial charge in [-0.2, -0.15) is 0 Å². The number of Topliss-reactive ketones (excluding diaryl/α,β-unsaturated/α-hetero) is 1. The first-order valence-corrected chi connectivity index (χ1v) is 2.81. The highest BCUT2D eigenvalue weighted by atomic mass is 16.1. The minimum absolute atomic E-state index is 0.245. The number of ketones is 1. The quantitative estimate of drug-likeness (QED) is 0.437. The fraction of sp³-hybridized carbons (Fsp3) is 0.500. The summed E-state index contributed by atoms with van der Waals surface area (Å²) >= 11 is 0. The van der Waals surface area contributed by atoms with Crippen LogP contribution in [0.25, 0.3) is 0 Å². The van der Waals surface area contributed by atoms with Crippen LogP contribution in [0, 0.1) is 5.92 Å². The minimum atomic E-state index is 0.245. The van der Waals surface area contributed by atoms with Gasteiger partial charge >= 0.3 is 0 Å². The lowest BCUT2D eigenvalue weighted by Crippen LogP contribution is -2.13. The summed E-state index contributed by atoms with van der Waals surface area (Å²) in [7, 11) is 0. The number of hydrogen-bond acceptors (Lipinski definition) is 2. The van der Waals surface area contributed by atoms with E-state index in [2.05, 4.69) is 0 Å². The SMILES string of the molecule is O=C1CN2C=C[C@H]1C2. The van der Waals surface area contributed by atoms with Gasteiger partial charge in [0.25, 0.3) is 0 Å². The molecule has 0 aromatic carbocycles. The summed E-state index contributed by atoms with van der Waals surface area (Å²) in [5.41, 5.74) is 0. The Hall–Kier alpha value is -0.790. The second-order valence-corrected chi connectivity index (χ2v) is 2.34. The van der Waals surface area contributed by atoms with Crippen molar-refractivity contribution < 1.29 is 4.79 Å². The second kappa shape index (κ2) is 1.13. The third kappa shape index (κ3) is 0.351. The van der Waals surface area contributed by atoms with Crippen molar-refractivity contribution in [2.75, 3.05) is 13.1 Å². The summed E-state index contributed by atoms with van der Waals surface area (Å²) in [6.07, 6.45) is 3.98. The van der Waals surface area contributed by atoms with E-state index in [1.54, 1.807) is 0 Å². The summed E-state index contributed by atoms with van der Waals surface area (Å²) in [6.45, 7) is 1.60. The van der Waals surface area contributed by atoms with Crippen molar-refractivity contribution in [2.24, 2.45) is 5.92 Å². The van der Waals surface area contributed by atoms with Crippen molar-refractivity contribution in [1.29, 1.82) is 0 Å². The molecule has 0 spiro atoms. The monoisotopic (exact) mass is 109 g/mol. The molecule has 0 saturated carbocycles. The molecule has 2 aliphatic heterocycles. The van der Waals surface area contributed by atoms with Crippen molar-refractivity contribution >= 4 is 5.78 Å². The van der Waals surface area contributed by atoms with E-state index in [0.29, 0.717) is 12.3 Å². The number of nitrogens with zero attached hydrogens (tertiary/aromatic N) is 1. The molecule has 2 aliphatic rings. The average molecular weight is 109 g/mol. The number of rotatable bonds is 0. The van der Waals surface area contributed by atoms with E-state index < -0.39 is 0 Å². The molecule has 1 saturated heterocycles. The molecule has 0 aromatic heterocycles. The highest BCUT2D eigenvalue weighted by Gasteiger charge is 2.30. The molecule has 2 nitrogen and oxygen atoms in total. The van der Waals surface area contributed by atoms with Gasteiger partial charge in [-0.25, -0.2) is 0 Å². The van der Waals surface area contributed by atoms with E-state index >= 15 is 0 Å². The van der Waals surface area contributed by atoms with Gasteiger partial charge < -0.3 is 4.90 Å². The molecule has 2 bridgehead atoms. The maximum atomic E-state index is 10.7. The van der Waals surface area contributed by atoms with Crippen LogP contribution in [0.3, 0.4) is 0 Å². The molecule has 2 rings (SSSR count). The van der Waals surface area contributed by atoms with Crippen LogP contribution in [0.5, 0.6) is 0 Å². The first kappa shape index (κ1) is 4.13. The lowest BCUT2D eigenvalue weighted by atomic mass is 10.1. The Kier molecular flexibility index (Phi) is 0.583. The topological polar surface area (TPSA) is 20.3 Å². The van der Waals surface area contributed by atoms with E-state index in [4.69, 9.17) is 0 Å². The summed E-state index contributed by atoms with van der Waals surface area (Å²) in [4.78, 5) is 12.8. The Morgan fingerprint density at radius 2 is 2.62 bits per heavy atom. The van der Waals surface area contributed by atoms with Crippen LogP contribution >= 0.6 is 0 Å². The smallest absolute Gasteiger partial charge is 0.160 e. The maximum Gasteiger partial charge on any atom is 0.160 e. The van der Waals surface area contributed by atoms with Crippen molar-refractivity contribution in [3.63, 3.8) is 0 Å². The van der Waals surface area contributed by atoms with Gasteiger partial charge in [-0.3, -0.25) is 4.79 Å². The number of carbonyl (C=O) groups excluding carboxylic acids is 1. The summed E-state index contributed by atoms with van der Waals surface area (Å²) in [6, 6.07) is 0. The van der Waals surface area contributed by atoms with Gasteiger partial charge in [0, 0.05) is 6.54 Å². The predicted molar refractivity (Wildman–Crippen MR) is 29.2 cm³/mol. The zero-order chi connectivity index (χ0) is 5.56. The molecule has 0 aromatic rings. The largest absolute Gasteiger partial charge is 0.369 e. The van der Waals surface area contributed by atoms with E-state index in [1.165, 1.54) is 0 Å². The highest BCUT2D eigenvalue weighted by molar-refractivity contribution is 5.88. The van der Waals surface area contributed by atoms with Gasteiger partial charge in [0.05, 0.1) is 12.5 Å². The number of hydrogen-bond donors (Lipinski definition) is 0. The molecule has 1 fully saturated rings. The third-order valence-corrected chi connectivity index (χ3v) is 1.73. The van der Waals surface area contributed by atoms with Crippen LogP contribution in [-0.4, -0.2) is 23.8 Å². The Labute approximate surface area is 47.8 Å². The molecule has 2 heterocycles. The van der Waals surface area contributed by atoms with E-state index in [0.717, 1.165) is 6.54 Å². The summed E-state index contributed by atoms with van der Waals surface area (Å²) in [5.74, 6) is 0.627. The van der Waals surface area contributed by atoms with Crippen LogP contribution in [-0.2, 0) is 4.79 Å². The molecule has 0 radical (unpaired) electrons. The van der Waals surface area contributed by atoms with Gasteiger partial charge in [-0.1, -0.05) is 6.08 Å². The lowest BCUT2D eigenvalue weighted by Gasteiger charge is -2.04. The molecule has 0 amide bonds. The summed E-state index contributed by atoms with van der Waals surface area (Å²) < 4.78 is 0. The minimum Gasteiger partial charge on any atom is -0.369 e. The Morgan fingerprint density at radius 1 is 1.75 bits per heavy atom. The van der Waals surface area contributed by atoms with Crippen molar-refractivity contribution in [2.45, 2.75) is 0 Å². The van der Waals surface area contributed by atoms with Crippen LogP contribution in [0.4, 0.5) is 0 Å². The fourth-order valence-electron chi connectivity index (χ4n) is 1.24. The maximum absolute atomic E-state index is 10.7. The third-order valence-electron chi connectivity index (χ3n) is 1.73. The van der Waals surface area contributed by atoms with Crippen molar-refractivity contribution in [3.8, 4) is 0 Å². The first-order valence-electron chi connectivity index (χ1n) is 2.81. The molecule has 0 unspecified atom stereocenters. The van der Waals surface area contributed by atoms with Crippen LogP contribution in [0.2, 0.25) is 0 Å². The molecule has 2 heteroatoms. The Bertz CT molecular complexity index is 162. The van der Waals surface area contributed by atoms with E-state index in [-0.39, 0.29) is 5.92 Å². The van der Waals surface area contributed by atoms with Crippen LogP contribution < -0.4 is 0 Å².